The van der Waals surface area contributed by atoms with E-state index in [0.717, 1.165) is 4.47 Å². The van der Waals surface area contributed by atoms with Crippen molar-refractivity contribution in [3.05, 3.63) is 41.4 Å². The predicted molar refractivity (Wildman–Crippen MR) is 85.3 cm³/mol. The first-order chi connectivity index (χ1) is 9.76. The van der Waals surface area contributed by atoms with E-state index in [1.807, 2.05) is 0 Å². The number of halogens is 1. The molecule has 0 aromatic heterocycles. The van der Waals surface area contributed by atoms with Crippen LogP contribution in [0.2, 0.25) is 0 Å². The molecule has 0 amide bonds. The molecule has 1 fully saturated rings. The summed E-state index contributed by atoms with van der Waals surface area (Å²) in [6, 6.07) is 5.76. The normalized spacial score (nSPS) is 21.5. The predicted octanol–water partition coefficient (Wildman–Crippen LogP) is 1.81. The smallest absolute Gasteiger partial charge is 0.229 e. The number of rotatable bonds is 5. The molecule has 0 unspecified atom stereocenters. The Hall–Kier alpha value is -0.700. The Balaban J connectivity index is 2.37. The third kappa shape index (κ3) is 3.74. The minimum Gasteiger partial charge on any atom is -0.229 e. The first-order valence-corrected chi connectivity index (χ1v) is 10.4. The van der Waals surface area contributed by atoms with E-state index in [-0.39, 0.29) is 22.9 Å². The van der Waals surface area contributed by atoms with Crippen LogP contribution in [0.3, 0.4) is 0 Å². The van der Waals surface area contributed by atoms with Crippen LogP contribution in [-0.2, 0) is 19.9 Å². The van der Waals surface area contributed by atoms with Crippen LogP contribution in [0.5, 0.6) is 0 Å². The van der Waals surface area contributed by atoms with Gasteiger partial charge in [0.1, 0.15) is 0 Å². The quantitative estimate of drug-likeness (QED) is 0.715. The van der Waals surface area contributed by atoms with Crippen molar-refractivity contribution in [1.29, 1.82) is 0 Å². The summed E-state index contributed by atoms with van der Waals surface area (Å²) in [5.41, 5.74) is 0. The lowest BCUT2D eigenvalue weighted by atomic mass is 10.2. The summed E-state index contributed by atoms with van der Waals surface area (Å²) < 4.78 is 50.6. The van der Waals surface area contributed by atoms with E-state index in [4.69, 9.17) is 0 Å². The van der Waals surface area contributed by atoms with Gasteiger partial charge in [-0.2, -0.15) is 4.31 Å². The second kappa shape index (κ2) is 6.20. The van der Waals surface area contributed by atoms with Gasteiger partial charge in [-0.3, -0.25) is 0 Å². The molecule has 1 heterocycles. The molecule has 8 heteroatoms. The van der Waals surface area contributed by atoms with E-state index in [9.17, 15) is 16.8 Å². The largest absolute Gasteiger partial charge is 0.243 e. The number of hydrogen-bond donors (Lipinski definition) is 0. The summed E-state index contributed by atoms with van der Waals surface area (Å²) in [4.78, 5) is 0.150. The van der Waals surface area contributed by atoms with Crippen molar-refractivity contribution >= 4 is 35.8 Å². The highest BCUT2D eigenvalue weighted by atomic mass is 79.9. The molecule has 0 N–H and O–H groups in total. The van der Waals surface area contributed by atoms with Crippen molar-refractivity contribution < 1.29 is 16.8 Å². The molecule has 5 nitrogen and oxygen atoms in total. The Morgan fingerprint density at radius 1 is 1.33 bits per heavy atom. The molecule has 1 aliphatic heterocycles. The molecule has 0 radical (unpaired) electrons. The van der Waals surface area contributed by atoms with Crippen LogP contribution in [-0.4, -0.2) is 45.2 Å². The molecular weight excluding hydrogens is 378 g/mol. The molecule has 0 saturated carbocycles. The highest BCUT2D eigenvalue weighted by Crippen LogP contribution is 2.25. The highest BCUT2D eigenvalue weighted by Gasteiger charge is 2.38. The Bertz CT molecular complexity index is 726. The SMILES string of the molecule is C=CCN([C@@H]1CCS(=O)(=O)C1)S(=O)(=O)c1ccc(Br)cc1. The Labute approximate surface area is 133 Å². The second-order valence-corrected chi connectivity index (χ2v) is 9.91. The number of benzene rings is 1. The van der Waals surface area contributed by atoms with Crippen LogP contribution in [0.4, 0.5) is 0 Å². The van der Waals surface area contributed by atoms with Gasteiger partial charge in [0.25, 0.3) is 0 Å². The van der Waals surface area contributed by atoms with Gasteiger partial charge in [-0.1, -0.05) is 22.0 Å². The van der Waals surface area contributed by atoms with Crippen LogP contribution in [0.15, 0.2) is 46.3 Å². The maximum Gasteiger partial charge on any atom is 0.243 e. The van der Waals surface area contributed by atoms with Gasteiger partial charge in [0.15, 0.2) is 9.84 Å². The van der Waals surface area contributed by atoms with E-state index in [0.29, 0.717) is 6.42 Å². The Morgan fingerprint density at radius 3 is 2.43 bits per heavy atom. The molecule has 1 saturated heterocycles. The molecule has 1 aromatic rings. The van der Waals surface area contributed by atoms with Gasteiger partial charge in [-0.25, -0.2) is 16.8 Å². The number of nitrogens with zero attached hydrogens (tertiary/aromatic N) is 1. The van der Waals surface area contributed by atoms with Gasteiger partial charge < -0.3 is 0 Å². The first kappa shape index (κ1) is 16.7. The van der Waals surface area contributed by atoms with Crippen LogP contribution < -0.4 is 0 Å². The van der Waals surface area contributed by atoms with Crippen molar-refractivity contribution in [1.82, 2.24) is 4.31 Å². The Morgan fingerprint density at radius 2 is 1.95 bits per heavy atom. The van der Waals surface area contributed by atoms with Crippen molar-refractivity contribution in [3.8, 4) is 0 Å². The van der Waals surface area contributed by atoms with Crippen molar-refractivity contribution in [2.24, 2.45) is 0 Å². The summed E-state index contributed by atoms with van der Waals surface area (Å²) in [6.07, 6.45) is 1.80. The van der Waals surface area contributed by atoms with Crippen molar-refractivity contribution in [2.75, 3.05) is 18.1 Å². The summed E-state index contributed by atoms with van der Waals surface area (Å²) in [6.45, 7) is 3.66. The minimum absolute atomic E-state index is 0.0289. The molecule has 1 atom stereocenters. The first-order valence-electron chi connectivity index (χ1n) is 6.35. The van der Waals surface area contributed by atoms with Crippen LogP contribution in [0.1, 0.15) is 6.42 Å². The number of hydrogen-bond acceptors (Lipinski definition) is 4. The topological polar surface area (TPSA) is 71.5 Å². The van der Waals surface area contributed by atoms with Gasteiger partial charge in [0, 0.05) is 17.1 Å². The molecule has 21 heavy (non-hydrogen) atoms. The van der Waals surface area contributed by atoms with Gasteiger partial charge in [0.2, 0.25) is 10.0 Å². The average molecular weight is 394 g/mol. The molecule has 0 bridgehead atoms. The van der Waals surface area contributed by atoms with Crippen LogP contribution in [0.25, 0.3) is 0 Å². The maximum absolute atomic E-state index is 12.7. The minimum atomic E-state index is -3.74. The maximum atomic E-state index is 12.7. The van der Waals surface area contributed by atoms with Crippen LogP contribution in [0, 0.1) is 0 Å². The molecule has 0 aliphatic carbocycles. The van der Waals surface area contributed by atoms with Crippen molar-refractivity contribution in [3.63, 3.8) is 0 Å². The third-order valence-electron chi connectivity index (χ3n) is 3.34. The Kier molecular flexibility index (Phi) is 4.92. The highest BCUT2D eigenvalue weighted by molar-refractivity contribution is 9.10. The molecule has 1 aromatic carbocycles. The molecule has 1 aliphatic rings. The summed E-state index contributed by atoms with van der Waals surface area (Å²) in [7, 11) is -6.89. The standard InChI is InChI=1S/C13H16BrNO4S2/c1-2-8-15(12-7-9-20(16,17)10-12)21(18,19)13-5-3-11(14)4-6-13/h2-6,12H,1,7-10H2/t12-/m1/s1. The molecule has 116 valence electrons. The van der Waals surface area contributed by atoms with E-state index in [1.54, 1.807) is 12.1 Å². The zero-order valence-electron chi connectivity index (χ0n) is 11.3. The van der Waals surface area contributed by atoms with E-state index < -0.39 is 25.9 Å². The lowest BCUT2D eigenvalue weighted by molar-refractivity contribution is 0.367. The van der Waals surface area contributed by atoms with E-state index >= 15 is 0 Å². The fourth-order valence-corrected chi connectivity index (χ4v) is 6.03. The van der Waals surface area contributed by atoms with Gasteiger partial charge >= 0.3 is 0 Å². The fraction of sp³-hybridized carbons (Fsp3) is 0.385. The summed E-state index contributed by atoms with van der Waals surface area (Å²) in [5, 5.41) is 0. The zero-order chi connectivity index (χ0) is 15.7. The van der Waals surface area contributed by atoms with Gasteiger partial charge in [-0.05, 0) is 30.7 Å². The third-order valence-corrected chi connectivity index (χ3v) is 7.56. The van der Waals surface area contributed by atoms with Crippen LogP contribution >= 0.6 is 15.9 Å². The molecular formula is C13H16BrNO4S2. The van der Waals surface area contributed by atoms with E-state index in [2.05, 4.69) is 22.5 Å². The second-order valence-electron chi connectivity index (χ2n) is 4.87. The van der Waals surface area contributed by atoms with E-state index in [1.165, 1.54) is 22.5 Å². The number of sulfonamides is 1. The number of sulfone groups is 1. The monoisotopic (exact) mass is 393 g/mol. The lowest BCUT2D eigenvalue weighted by Crippen LogP contribution is -2.41. The van der Waals surface area contributed by atoms with Gasteiger partial charge in [0.05, 0.1) is 16.4 Å². The fourth-order valence-electron chi connectivity index (χ4n) is 2.32. The zero-order valence-corrected chi connectivity index (χ0v) is 14.5. The molecule has 0 spiro atoms. The molecule has 2 rings (SSSR count). The average Bonchev–Trinajstić information content (AvgIpc) is 2.76. The summed E-state index contributed by atoms with van der Waals surface area (Å²) >= 11 is 3.26. The summed E-state index contributed by atoms with van der Waals surface area (Å²) in [5.74, 6) is -0.0994. The lowest BCUT2D eigenvalue weighted by Gasteiger charge is -2.26. The van der Waals surface area contributed by atoms with Crippen molar-refractivity contribution in [2.45, 2.75) is 17.4 Å². The van der Waals surface area contributed by atoms with Gasteiger partial charge in [-0.15, -0.1) is 6.58 Å².